The molecule has 3 rings (SSSR count). The Balaban J connectivity index is 1.39. The highest BCUT2D eigenvalue weighted by molar-refractivity contribution is 5.86. The third-order valence-corrected chi connectivity index (χ3v) is 5.57. The fourth-order valence-corrected chi connectivity index (χ4v) is 3.94. The molecule has 1 N–H and O–H groups in total. The minimum Gasteiger partial charge on any atom is -0.377 e. The van der Waals surface area contributed by atoms with Crippen molar-refractivity contribution in [1.82, 2.24) is 15.1 Å². The molecule has 2 aliphatic heterocycles. The Labute approximate surface area is 161 Å². The second kappa shape index (κ2) is 9.85. The number of nitrogens with one attached hydrogen (secondary N) is 1. The number of ether oxygens (including phenoxy) is 1. The molecule has 1 aromatic carbocycles. The number of carbonyl (C=O) groups is 2. The first-order valence-electron chi connectivity index (χ1n) is 10.1. The number of hydrogen-bond acceptors (Lipinski definition) is 4. The van der Waals surface area contributed by atoms with Crippen molar-refractivity contribution in [3.8, 4) is 0 Å². The Bertz CT molecular complexity index is 614. The van der Waals surface area contributed by atoms with E-state index in [4.69, 9.17) is 4.74 Å². The van der Waals surface area contributed by atoms with Crippen LogP contribution in [0.5, 0.6) is 0 Å². The summed E-state index contributed by atoms with van der Waals surface area (Å²) >= 11 is 0. The van der Waals surface area contributed by atoms with E-state index in [0.29, 0.717) is 13.1 Å². The molecule has 0 spiro atoms. The summed E-state index contributed by atoms with van der Waals surface area (Å²) in [5.41, 5.74) is 1.30. The summed E-state index contributed by atoms with van der Waals surface area (Å²) in [5.74, 6) is -0.163. The molecule has 2 aliphatic rings. The number of benzene rings is 1. The highest BCUT2D eigenvalue weighted by Crippen LogP contribution is 2.23. The molecule has 2 unspecified atom stereocenters. The SMILES string of the molecule is CCC1OCCCC1C(=O)NCC(=O)N1CCN(Cc2ccccc2)CC1. The van der Waals surface area contributed by atoms with Gasteiger partial charge in [0.15, 0.2) is 0 Å². The van der Waals surface area contributed by atoms with E-state index in [1.54, 1.807) is 0 Å². The Morgan fingerprint density at radius 3 is 2.59 bits per heavy atom. The molecule has 0 aliphatic carbocycles. The summed E-state index contributed by atoms with van der Waals surface area (Å²) < 4.78 is 5.68. The van der Waals surface area contributed by atoms with Gasteiger partial charge in [0.05, 0.1) is 18.6 Å². The van der Waals surface area contributed by atoms with Gasteiger partial charge in [0.2, 0.25) is 11.8 Å². The van der Waals surface area contributed by atoms with Gasteiger partial charge in [-0.15, -0.1) is 0 Å². The van der Waals surface area contributed by atoms with Crippen molar-refractivity contribution in [2.75, 3.05) is 39.3 Å². The molecule has 0 aromatic heterocycles. The number of carbonyl (C=O) groups excluding carboxylic acids is 2. The fraction of sp³-hybridized carbons (Fsp3) is 0.619. The molecule has 0 saturated carbocycles. The largest absolute Gasteiger partial charge is 0.377 e. The standard InChI is InChI=1S/C21H31N3O3/c1-2-19-18(9-6-14-27-19)21(26)22-15-20(25)24-12-10-23(11-13-24)16-17-7-4-3-5-8-17/h3-5,7-8,18-19H,2,6,9-16H2,1H3,(H,22,26). The molecule has 2 fully saturated rings. The molecular weight excluding hydrogens is 342 g/mol. The molecule has 2 amide bonds. The molecule has 2 atom stereocenters. The van der Waals surface area contributed by atoms with Gasteiger partial charge < -0.3 is 15.0 Å². The molecule has 2 heterocycles. The van der Waals surface area contributed by atoms with Crippen LogP contribution in [-0.2, 0) is 20.9 Å². The average Bonchev–Trinajstić information content (AvgIpc) is 2.73. The Hall–Kier alpha value is -1.92. The highest BCUT2D eigenvalue weighted by Gasteiger charge is 2.31. The summed E-state index contributed by atoms with van der Waals surface area (Å²) in [6, 6.07) is 10.4. The number of piperazine rings is 1. The Morgan fingerprint density at radius 1 is 1.15 bits per heavy atom. The predicted molar refractivity (Wildman–Crippen MR) is 104 cm³/mol. The summed E-state index contributed by atoms with van der Waals surface area (Å²) in [5, 5.41) is 2.84. The zero-order chi connectivity index (χ0) is 19.1. The molecule has 148 valence electrons. The first kappa shape index (κ1) is 19.8. The molecule has 0 radical (unpaired) electrons. The molecule has 2 saturated heterocycles. The third-order valence-electron chi connectivity index (χ3n) is 5.57. The van der Waals surface area contributed by atoms with Crippen LogP contribution in [0.4, 0.5) is 0 Å². The molecular formula is C21H31N3O3. The second-order valence-corrected chi connectivity index (χ2v) is 7.43. The van der Waals surface area contributed by atoms with E-state index in [-0.39, 0.29) is 30.4 Å². The van der Waals surface area contributed by atoms with Gasteiger partial charge in [-0.3, -0.25) is 14.5 Å². The lowest BCUT2D eigenvalue weighted by atomic mass is 9.92. The quantitative estimate of drug-likeness (QED) is 0.824. The average molecular weight is 373 g/mol. The van der Waals surface area contributed by atoms with Crippen LogP contribution in [0.1, 0.15) is 31.7 Å². The number of amides is 2. The molecule has 0 bridgehead atoms. The van der Waals surface area contributed by atoms with Crippen molar-refractivity contribution < 1.29 is 14.3 Å². The molecule has 6 nitrogen and oxygen atoms in total. The van der Waals surface area contributed by atoms with Crippen LogP contribution in [0.25, 0.3) is 0 Å². The predicted octanol–water partition coefficient (Wildman–Crippen LogP) is 1.65. The topological polar surface area (TPSA) is 61.9 Å². The van der Waals surface area contributed by atoms with E-state index >= 15 is 0 Å². The van der Waals surface area contributed by atoms with E-state index < -0.39 is 0 Å². The van der Waals surface area contributed by atoms with Crippen molar-refractivity contribution in [2.45, 2.75) is 38.8 Å². The van der Waals surface area contributed by atoms with Gasteiger partial charge in [0, 0.05) is 39.3 Å². The molecule has 27 heavy (non-hydrogen) atoms. The van der Waals surface area contributed by atoms with Crippen molar-refractivity contribution in [2.24, 2.45) is 5.92 Å². The van der Waals surface area contributed by atoms with Crippen molar-refractivity contribution >= 4 is 11.8 Å². The zero-order valence-electron chi connectivity index (χ0n) is 16.2. The monoisotopic (exact) mass is 373 g/mol. The zero-order valence-corrected chi connectivity index (χ0v) is 16.2. The summed E-state index contributed by atoms with van der Waals surface area (Å²) in [6.45, 7) is 6.93. The van der Waals surface area contributed by atoms with Gasteiger partial charge in [0.1, 0.15) is 0 Å². The Morgan fingerprint density at radius 2 is 1.89 bits per heavy atom. The summed E-state index contributed by atoms with van der Waals surface area (Å²) in [6.07, 6.45) is 2.56. The minimum atomic E-state index is -0.126. The summed E-state index contributed by atoms with van der Waals surface area (Å²) in [4.78, 5) is 29.1. The Kier molecular flexibility index (Phi) is 7.24. The van der Waals surface area contributed by atoms with Gasteiger partial charge in [-0.2, -0.15) is 0 Å². The van der Waals surface area contributed by atoms with E-state index in [0.717, 1.165) is 45.5 Å². The van der Waals surface area contributed by atoms with Gasteiger partial charge >= 0.3 is 0 Å². The van der Waals surface area contributed by atoms with E-state index in [2.05, 4.69) is 34.5 Å². The van der Waals surface area contributed by atoms with Crippen LogP contribution in [0.3, 0.4) is 0 Å². The maximum Gasteiger partial charge on any atom is 0.242 e. The van der Waals surface area contributed by atoms with Crippen molar-refractivity contribution in [3.05, 3.63) is 35.9 Å². The smallest absolute Gasteiger partial charge is 0.242 e. The lowest BCUT2D eigenvalue weighted by Gasteiger charge is -2.35. The number of hydrogen-bond donors (Lipinski definition) is 1. The lowest BCUT2D eigenvalue weighted by Crippen LogP contribution is -2.51. The first-order valence-corrected chi connectivity index (χ1v) is 10.1. The lowest BCUT2D eigenvalue weighted by molar-refractivity contribution is -0.139. The van der Waals surface area contributed by atoms with Gasteiger partial charge in [-0.1, -0.05) is 37.3 Å². The van der Waals surface area contributed by atoms with Crippen molar-refractivity contribution in [1.29, 1.82) is 0 Å². The minimum absolute atomic E-state index is 0.00693. The normalized spacial score (nSPS) is 23.8. The highest BCUT2D eigenvalue weighted by atomic mass is 16.5. The van der Waals surface area contributed by atoms with Crippen LogP contribution in [0, 0.1) is 5.92 Å². The summed E-state index contributed by atoms with van der Waals surface area (Å²) in [7, 11) is 0. The van der Waals surface area contributed by atoms with E-state index in [1.807, 2.05) is 17.9 Å². The maximum atomic E-state index is 12.5. The second-order valence-electron chi connectivity index (χ2n) is 7.43. The fourth-order valence-electron chi connectivity index (χ4n) is 3.94. The van der Waals surface area contributed by atoms with Crippen LogP contribution >= 0.6 is 0 Å². The first-order chi connectivity index (χ1) is 13.2. The van der Waals surface area contributed by atoms with Gasteiger partial charge in [-0.25, -0.2) is 0 Å². The van der Waals surface area contributed by atoms with Gasteiger partial charge in [0.25, 0.3) is 0 Å². The van der Waals surface area contributed by atoms with Crippen LogP contribution in [-0.4, -0.2) is 67.0 Å². The number of rotatable bonds is 6. The van der Waals surface area contributed by atoms with Crippen molar-refractivity contribution in [3.63, 3.8) is 0 Å². The third kappa shape index (κ3) is 5.53. The maximum absolute atomic E-state index is 12.5. The van der Waals surface area contributed by atoms with E-state index in [1.165, 1.54) is 5.56 Å². The van der Waals surface area contributed by atoms with Crippen LogP contribution < -0.4 is 5.32 Å². The number of nitrogens with zero attached hydrogens (tertiary/aromatic N) is 2. The van der Waals surface area contributed by atoms with Crippen LogP contribution in [0.2, 0.25) is 0 Å². The van der Waals surface area contributed by atoms with Crippen LogP contribution in [0.15, 0.2) is 30.3 Å². The molecule has 1 aromatic rings. The van der Waals surface area contributed by atoms with E-state index in [9.17, 15) is 9.59 Å². The van der Waals surface area contributed by atoms with Gasteiger partial charge in [-0.05, 0) is 24.8 Å². The molecule has 6 heteroatoms.